The average Bonchev–Trinajstić information content (AvgIpc) is 2.96. The van der Waals surface area contributed by atoms with E-state index in [1.54, 1.807) is 0 Å². The maximum absolute atomic E-state index is 12.4. The summed E-state index contributed by atoms with van der Waals surface area (Å²) < 4.78 is 16.4. The highest BCUT2D eigenvalue weighted by Gasteiger charge is 2.19. The zero-order valence-corrected chi connectivity index (χ0v) is 28.2. The summed E-state index contributed by atoms with van der Waals surface area (Å²) in [7, 11) is 0. The molecule has 0 bridgehead atoms. The third-order valence-electron chi connectivity index (χ3n) is 7.79. The zero-order valence-electron chi connectivity index (χ0n) is 28.2. The second-order valence-electron chi connectivity index (χ2n) is 12.6. The second kappa shape index (κ2) is 30.9. The van der Waals surface area contributed by atoms with Crippen LogP contribution in [0.3, 0.4) is 0 Å². The number of unbranched alkanes of at least 4 members (excludes halogenated alkanes) is 18. The predicted molar refractivity (Wildman–Crippen MR) is 173 cm³/mol. The van der Waals surface area contributed by atoms with Crippen molar-refractivity contribution in [2.75, 3.05) is 13.2 Å². The van der Waals surface area contributed by atoms with Crippen LogP contribution in [0.5, 0.6) is 0 Å². The van der Waals surface area contributed by atoms with Crippen molar-refractivity contribution in [3.8, 4) is 0 Å². The van der Waals surface area contributed by atoms with Gasteiger partial charge in [-0.1, -0.05) is 150 Å². The van der Waals surface area contributed by atoms with Crippen molar-refractivity contribution in [3.63, 3.8) is 0 Å². The van der Waals surface area contributed by atoms with Crippen LogP contribution in [0.4, 0.5) is 0 Å². The molecule has 0 N–H and O–H groups in total. The lowest BCUT2D eigenvalue weighted by Crippen LogP contribution is -2.30. The highest BCUT2D eigenvalue weighted by Crippen LogP contribution is 2.14. The summed E-state index contributed by atoms with van der Waals surface area (Å²) in [6, 6.07) is 0. The van der Waals surface area contributed by atoms with Crippen LogP contribution in [0.15, 0.2) is 0 Å². The standard InChI is InChI=1S/C36H68O6/c1-5-7-9-11-15-21-25-29-36(39)42-33(30-40-34(37)27-23-18-10-8-6-2)31-41-35(38)28-24-20-17-14-12-13-16-19-22-26-32(3)4/h32-33H,5-31H2,1-4H3/t33-/m1/s1. The van der Waals surface area contributed by atoms with Gasteiger partial charge in [-0.15, -0.1) is 0 Å². The summed E-state index contributed by atoms with van der Waals surface area (Å²) in [4.78, 5) is 37.0. The molecule has 1 atom stereocenters. The molecule has 0 heterocycles. The molecule has 0 aromatic carbocycles. The van der Waals surface area contributed by atoms with Gasteiger partial charge in [0.2, 0.25) is 0 Å². The third kappa shape index (κ3) is 29.9. The third-order valence-corrected chi connectivity index (χ3v) is 7.79. The second-order valence-corrected chi connectivity index (χ2v) is 12.6. The van der Waals surface area contributed by atoms with Crippen molar-refractivity contribution >= 4 is 17.9 Å². The molecule has 0 saturated heterocycles. The van der Waals surface area contributed by atoms with Gasteiger partial charge in [-0.05, 0) is 25.2 Å². The molecule has 0 spiro atoms. The quantitative estimate of drug-likeness (QED) is 0.0450. The molecule has 0 fully saturated rings. The molecule has 0 aromatic heterocycles. The van der Waals surface area contributed by atoms with Crippen molar-refractivity contribution in [3.05, 3.63) is 0 Å². The van der Waals surface area contributed by atoms with E-state index < -0.39 is 6.10 Å². The van der Waals surface area contributed by atoms with Gasteiger partial charge < -0.3 is 14.2 Å². The Bertz CT molecular complexity index is 632. The van der Waals surface area contributed by atoms with Crippen LogP contribution in [0.1, 0.15) is 188 Å². The van der Waals surface area contributed by atoms with Crippen LogP contribution in [-0.4, -0.2) is 37.2 Å². The van der Waals surface area contributed by atoms with Gasteiger partial charge in [-0.25, -0.2) is 0 Å². The number of hydrogen-bond acceptors (Lipinski definition) is 6. The smallest absolute Gasteiger partial charge is 0.306 e. The van der Waals surface area contributed by atoms with Crippen LogP contribution in [0.2, 0.25) is 0 Å². The monoisotopic (exact) mass is 597 g/mol. The number of rotatable bonds is 31. The van der Waals surface area contributed by atoms with E-state index in [2.05, 4.69) is 27.7 Å². The van der Waals surface area contributed by atoms with Crippen molar-refractivity contribution in [1.82, 2.24) is 0 Å². The number of carbonyl (C=O) groups excluding carboxylic acids is 3. The molecule has 248 valence electrons. The van der Waals surface area contributed by atoms with Crippen LogP contribution in [0.25, 0.3) is 0 Å². The first-order chi connectivity index (χ1) is 20.4. The Kier molecular flexibility index (Phi) is 29.7. The van der Waals surface area contributed by atoms with Crippen LogP contribution >= 0.6 is 0 Å². The highest BCUT2D eigenvalue weighted by atomic mass is 16.6. The Balaban J connectivity index is 4.25. The fourth-order valence-electron chi connectivity index (χ4n) is 5.04. The maximum Gasteiger partial charge on any atom is 0.306 e. The van der Waals surface area contributed by atoms with E-state index in [-0.39, 0.29) is 31.1 Å². The fourth-order valence-corrected chi connectivity index (χ4v) is 5.04. The first-order valence-corrected chi connectivity index (χ1v) is 17.9. The average molecular weight is 597 g/mol. The molecule has 0 radical (unpaired) electrons. The Morgan fingerprint density at radius 1 is 0.452 bits per heavy atom. The van der Waals surface area contributed by atoms with E-state index in [4.69, 9.17) is 14.2 Å². The molecule has 0 aliphatic rings. The topological polar surface area (TPSA) is 78.9 Å². The lowest BCUT2D eigenvalue weighted by molar-refractivity contribution is -0.167. The van der Waals surface area contributed by atoms with Gasteiger partial charge in [-0.2, -0.15) is 0 Å². The largest absolute Gasteiger partial charge is 0.462 e. The van der Waals surface area contributed by atoms with E-state index in [9.17, 15) is 14.4 Å². The predicted octanol–water partition coefficient (Wildman–Crippen LogP) is 10.4. The van der Waals surface area contributed by atoms with Crippen molar-refractivity contribution in [2.24, 2.45) is 5.92 Å². The molecule has 42 heavy (non-hydrogen) atoms. The van der Waals surface area contributed by atoms with Gasteiger partial charge in [0, 0.05) is 19.3 Å². The Morgan fingerprint density at radius 3 is 1.17 bits per heavy atom. The molecule has 0 saturated carbocycles. The minimum atomic E-state index is -0.754. The number of hydrogen-bond donors (Lipinski definition) is 0. The Labute approximate surface area is 259 Å². The summed E-state index contributed by atoms with van der Waals surface area (Å²) >= 11 is 0. The van der Waals surface area contributed by atoms with Gasteiger partial charge in [0.1, 0.15) is 13.2 Å². The van der Waals surface area contributed by atoms with Crippen molar-refractivity contribution in [2.45, 2.75) is 194 Å². The van der Waals surface area contributed by atoms with Crippen molar-refractivity contribution < 1.29 is 28.6 Å². The first kappa shape index (κ1) is 40.4. The molecule has 0 aromatic rings. The summed E-state index contributed by atoms with van der Waals surface area (Å²) in [5.74, 6) is -0.0815. The van der Waals surface area contributed by atoms with Crippen LogP contribution in [0, 0.1) is 5.92 Å². The Morgan fingerprint density at radius 2 is 0.786 bits per heavy atom. The highest BCUT2D eigenvalue weighted by molar-refractivity contribution is 5.71. The molecule has 0 unspecified atom stereocenters. The molecular weight excluding hydrogens is 528 g/mol. The van der Waals surface area contributed by atoms with Crippen molar-refractivity contribution in [1.29, 1.82) is 0 Å². The van der Waals surface area contributed by atoms with Gasteiger partial charge in [0.25, 0.3) is 0 Å². The first-order valence-electron chi connectivity index (χ1n) is 17.9. The summed E-state index contributed by atoms with van der Waals surface area (Å²) in [5.41, 5.74) is 0. The van der Waals surface area contributed by atoms with E-state index in [0.29, 0.717) is 19.3 Å². The molecule has 0 rings (SSSR count). The SMILES string of the molecule is CCCCCCCCCC(=O)O[C@H](COC(=O)CCCCCCC)COC(=O)CCCCCCCCCCCC(C)C. The van der Waals surface area contributed by atoms with Crippen LogP contribution < -0.4 is 0 Å². The van der Waals surface area contributed by atoms with Gasteiger partial charge in [-0.3, -0.25) is 14.4 Å². The summed E-state index contributed by atoms with van der Waals surface area (Å²) in [6.07, 6.45) is 25.6. The lowest BCUT2D eigenvalue weighted by Gasteiger charge is -2.18. The minimum Gasteiger partial charge on any atom is -0.462 e. The van der Waals surface area contributed by atoms with Crippen LogP contribution in [-0.2, 0) is 28.6 Å². The zero-order chi connectivity index (χ0) is 31.1. The van der Waals surface area contributed by atoms with Gasteiger partial charge in [0.15, 0.2) is 6.10 Å². The number of ether oxygens (including phenoxy) is 3. The minimum absolute atomic E-state index is 0.0673. The lowest BCUT2D eigenvalue weighted by atomic mass is 10.0. The Hall–Kier alpha value is -1.59. The molecule has 0 amide bonds. The fraction of sp³-hybridized carbons (Fsp3) is 0.917. The molecule has 0 aliphatic carbocycles. The van der Waals surface area contributed by atoms with E-state index in [0.717, 1.165) is 70.1 Å². The van der Waals surface area contributed by atoms with Gasteiger partial charge >= 0.3 is 17.9 Å². The molecular formula is C36H68O6. The number of carbonyl (C=O) groups is 3. The normalized spacial score (nSPS) is 11.9. The van der Waals surface area contributed by atoms with E-state index >= 15 is 0 Å². The molecule has 6 nitrogen and oxygen atoms in total. The van der Waals surface area contributed by atoms with Gasteiger partial charge in [0.05, 0.1) is 0 Å². The maximum atomic E-state index is 12.4. The van der Waals surface area contributed by atoms with E-state index in [1.165, 1.54) is 77.0 Å². The molecule has 0 aliphatic heterocycles. The molecule has 6 heteroatoms. The van der Waals surface area contributed by atoms with E-state index in [1.807, 2.05) is 0 Å². The summed E-state index contributed by atoms with van der Waals surface area (Å²) in [5, 5.41) is 0. The number of esters is 3. The summed E-state index contributed by atoms with van der Waals surface area (Å²) in [6.45, 7) is 8.80.